The van der Waals surface area contributed by atoms with E-state index in [2.05, 4.69) is 22.5 Å². The number of nitriles is 1. The van der Waals surface area contributed by atoms with Crippen LogP contribution in [0, 0.1) is 17.2 Å². The van der Waals surface area contributed by atoms with Gasteiger partial charge in [0.05, 0.1) is 10.6 Å². The summed E-state index contributed by atoms with van der Waals surface area (Å²) in [5, 5.41) is 23.0. The molecule has 2 atom stereocenters. The summed E-state index contributed by atoms with van der Waals surface area (Å²) in [5.41, 5.74) is 0.482. The van der Waals surface area contributed by atoms with E-state index in [1.165, 1.54) is 6.20 Å². The number of pyridine rings is 1. The van der Waals surface area contributed by atoms with Crippen LogP contribution in [-0.2, 0) is 4.79 Å². The number of alkyl halides is 3. The average molecular weight is 365 g/mol. The lowest BCUT2D eigenvalue weighted by Crippen LogP contribution is -2.44. The van der Waals surface area contributed by atoms with Gasteiger partial charge in [-0.1, -0.05) is 18.5 Å². The number of carboxylic acids is 1. The standard InChI is InChI=1S/C12H15ClN4.C2HF3O2/c1-8-2-3-15-7-11(8)17-12-10(13)4-9(5-14)6-16-12;3-2(4,5)1(6)7/h4,6,8,11,15H,2-3,7H2,1H3,(H,16,17);(H,6,7). The minimum atomic E-state index is -5.08. The average Bonchev–Trinajstić information content (AvgIpc) is 2.51. The Labute approximate surface area is 141 Å². The van der Waals surface area contributed by atoms with Crippen molar-refractivity contribution in [1.82, 2.24) is 10.3 Å². The summed E-state index contributed by atoms with van der Waals surface area (Å²) in [6.07, 6.45) is -2.40. The molecule has 0 amide bonds. The molecule has 1 aliphatic rings. The first-order valence-corrected chi connectivity index (χ1v) is 7.36. The van der Waals surface area contributed by atoms with Crippen molar-refractivity contribution in [2.24, 2.45) is 5.92 Å². The van der Waals surface area contributed by atoms with Gasteiger partial charge in [0, 0.05) is 18.8 Å². The topological polar surface area (TPSA) is 98.0 Å². The second kappa shape index (κ2) is 8.70. The van der Waals surface area contributed by atoms with E-state index in [-0.39, 0.29) is 0 Å². The molecule has 1 saturated heterocycles. The molecule has 1 fully saturated rings. The number of aromatic nitrogens is 1. The van der Waals surface area contributed by atoms with E-state index in [1.54, 1.807) is 6.07 Å². The molecule has 1 aliphatic heterocycles. The number of nitrogens with zero attached hydrogens (tertiary/aromatic N) is 2. The van der Waals surface area contributed by atoms with E-state index in [0.29, 0.717) is 28.4 Å². The van der Waals surface area contributed by atoms with Crippen LogP contribution in [0.25, 0.3) is 0 Å². The molecule has 2 unspecified atom stereocenters. The van der Waals surface area contributed by atoms with E-state index in [0.717, 1.165) is 19.5 Å². The van der Waals surface area contributed by atoms with Gasteiger partial charge in [-0.25, -0.2) is 9.78 Å². The number of rotatable bonds is 2. The summed E-state index contributed by atoms with van der Waals surface area (Å²) >= 11 is 6.08. The maximum atomic E-state index is 10.6. The molecule has 0 aliphatic carbocycles. The maximum absolute atomic E-state index is 10.6. The van der Waals surface area contributed by atoms with E-state index >= 15 is 0 Å². The molecular weight excluding hydrogens is 349 g/mol. The van der Waals surface area contributed by atoms with Gasteiger partial charge >= 0.3 is 12.1 Å². The Morgan fingerprint density at radius 1 is 1.58 bits per heavy atom. The molecule has 3 N–H and O–H groups in total. The zero-order chi connectivity index (χ0) is 18.3. The van der Waals surface area contributed by atoms with E-state index in [1.807, 2.05) is 6.07 Å². The van der Waals surface area contributed by atoms with Gasteiger partial charge in [0.2, 0.25) is 0 Å². The Balaban J connectivity index is 0.000000351. The number of carboxylic acid groups (broad SMARTS) is 1. The summed E-state index contributed by atoms with van der Waals surface area (Å²) in [4.78, 5) is 13.1. The summed E-state index contributed by atoms with van der Waals surface area (Å²) in [6.45, 7) is 4.20. The van der Waals surface area contributed by atoms with Gasteiger partial charge in [0.1, 0.15) is 11.9 Å². The molecule has 0 saturated carbocycles. The van der Waals surface area contributed by atoms with Crippen LogP contribution in [0.15, 0.2) is 12.3 Å². The van der Waals surface area contributed by atoms with Gasteiger partial charge in [-0.05, 0) is 24.9 Å². The number of halogens is 4. The lowest BCUT2D eigenvalue weighted by atomic mass is 9.95. The number of carbonyl (C=O) groups is 1. The molecule has 0 bridgehead atoms. The van der Waals surface area contributed by atoms with Crippen LogP contribution in [0.2, 0.25) is 5.02 Å². The van der Waals surface area contributed by atoms with Crippen molar-refractivity contribution < 1.29 is 23.1 Å². The van der Waals surface area contributed by atoms with Crippen LogP contribution in [0.4, 0.5) is 19.0 Å². The predicted octanol–water partition coefficient (Wildman–Crippen LogP) is 2.65. The lowest BCUT2D eigenvalue weighted by molar-refractivity contribution is -0.192. The fourth-order valence-electron chi connectivity index (χ4n) is 1.96. The maximum Gasteiger partial charge on any atom is 0.490 e. The molecule has 6 nitrogen and oxygen atoms in total. The number of anilines is 1. The Kier molecular flexibility index (Phi) is 7.25. The summed E-state index contributed by atoms with van der Waals surface area (Å²) in [6, 6.07) is 3.99. The number of aliphatic carboxylic acids is 1. The van der Waals surface area contributed by atoms with Crippen molar-refractivity contribution in [2.75, 3.05) is 18.4 Å². The fraction of sp³-hybridized carbons (Fsp3) is 0.500. The van der Waals surface area contributed by atoms with Gasteiger partial charge in [-0.3, -0.25) is 0 Å². The van der Waals surface area contributed by atoms with Gasteiger partial charge in [0.15, 0.2) is 0 Å². The van der Waals surface area contributed by atoms with E-state index < -0.39 is 12.1 Å². The highest BCUT2D eigenvalue weighted by Crippen LogP contribution is 2.23. The van der Waals surface area contributed by atoms with Crippen LogP contribution in [-0.4, -0.2) is 41.4 Å². The van der Waals surface area contributed by atoms with Crippen LogP contribution in [0.3, 0.4) is 0 Å². The zero-order valence-corrected chi connectivity index (χ0v) is 13.4. The summed E-state index contributed by atoms with van der Waals surface area (Å²) in [5.74, 6) is -1.51. The third-order valence-corrected chi connectivity index (χ3v) is 3.65. The molecular formula is C14H16ClF3N4O2. The van der Waals surface area contributed by atoms with Crippen molar-refractivity contribution >= 4 is 23.4 Å². The number of hydrogen-bond donors (Lipinski definition) is 3. The highest BCUT2D eigenvalue weighted by molar-refractivity contribution is 6.33. The third-order valence-electron chi connectivity index (χ3n) is 3.36. The van der Waals surface area contributed by atoms with Crippen molar-refractivity contribution in [3.05, 3.63) is 22.8 Å². The van der Waals surface area contributed by atoms with Gasteiger partial charge in [-0.15, -0.1) is 0 Å². The SMILES string of the molecule is CC1CCNCC1Nc1ncc(C#N)cc1Cl.O=C(O)C(F)(F)F. The normalized spacial score (nSPS) is 20.3. The first kappa shape index (κ1) is 20.0. The highest BCUT2D eigenvalue weighted by atomic mass is 35.5. The number of piperidine rings is 1. The zero-order valence-electron chi connectivity index (χ0n) is 12.7. The Hall–Kier alpha value is -2.05. The highest BCUT2D eigenvalue weighted by Gasteiger charge is 2.38. The fourth-order valence-corrected chi connectivity index (χ4v) is 2.18. The minimum Gasteiger partial charge on any atom is -0.475 e. The largest absolute Gasteiger partial charge is 0.490 e. The Morgan fingerprint density at radius 2 is 2.21 bits per heavy atom. The molecule has 2 rings (SSSR count). The van der Waals surface area contributed by atoms with E-state index in [4.69, 9.17) is 26.8 Å². The quantitative estimate of drug-likeness (QED) is 0.746. The molecule has 132 valence electrons. The van der Waals surface area contributed by atoms with Crippen molar-refractivity contribution in [1.29, 1.82) is 5.26 Å². The molecule has 24 heavy (non-hydrogen) atoms. The van der Waals surface area contributed by atoms with Crippen molar-refractivity contribution in [3.63, 3.8) is 0 Å². The molecule has 0 aromatic carbocycles. The second-order valence-corrected chi connectivity index (χ2v) is 5.60. The van der Waals surface area contributed by atoms with Gasteiger partial charge in [0.25, 0.3) is 0 Å². The van der Waals surface area contributed by atoms with Crippen LogP contribution < -0.4 is 10.6 Å². The smallest absolute Gasteiger partial charge is 0.475 e. The van der Waals surface area contributed by atoms with Crippen LogP contribution in [0.5, 0.6) is 0 Å². The molecule has 10 heteroatoms. The molecule has 1 aromatic rings. The number of nitrogens with one attached hydrogen (secondary N) is 2. The number of hydrogen-bond acceptors (Lipinski definition) is 5. The Bertz CT molecular complexity index is 619. The first-order chi connectivity index (χ1) is 11.1. The second-order valence-electron chi connectivity index (χ2n) is 5.19. The molecule has 1 aromatic heterocycles. The Morgan fingerprint density at radius 3 is 2.67 bits per heavy atom. The van der Waals surface area contributed by atoms with Gasteiger partial charge in [-0.2, -0.15) is 18.4 Å². The first-order valence-electron chi connectivity index (χ1n) is 6.98. The van der Waals surface area contributed by atoms with Crippen LogP contribution in [0.1, 0.15) is 18.9 Å². The molecule has 0 radical (unpaired) electrons. The van der Waals surface area contributed by atoms with Crippen LogP contribution >= 0.6 is 11.6 Å². The van der Waals surface area contributed by atoms with E-state index in [9.17, 15) is 13.2 Å². The molecule has 0 spiro atoms. The lowest BCUT2D eigenvalue weighted by Gasteiger charge is -2.30. The summed E-state index contributed by atoms with van der Waals surface area (Å²) in [7, 11) is 0. The monoisotopic (exact) mass is 364 g/mol. The van der Waals surface area contributed by atoms with Gasteiger partial charge < -0.3 is 15.7 Å². The molecule has 2 heterocycles. The third kappa shape index (κ3) is 6.22. The predicted molar refractivity (Wildman–Crippen MR) is 81.7 cm³/mol. The summed E-state index contributed by atoms with van der Waals surface area (Å²) < 4.78 is 31.7. The van der Waals surface area contributed by atoms with Crippen molar-refractivity contribution in [3.8, 4) is 6.07 Å². The minimum absolute atomic E-state index is 0.335. The van der Waals surface area contributed by atoms with Crippen molar-refractivity contribution in [2.45, 2.75) is 25.6 Å².